The summed E-state index contributed by atoms with van der Waals surface area (Å²) in [5, 5.41) is 9.12. The van der Waals surface area contributed by atoms with Gasteiger partial charge < -0.3 is 0 Å². The van der Waals surface area contributed by atoms with Crippen LogP contribution >= 0.6 is 33.4 Å². The third-order valence-electron chi connectivity index (χ3n) is 2.00. The molecule has 2 nitrogen and oxygen atoms in total. The van der Waals surface area contributed by atoms with Crippen LogP contribution in [0.25, 0.3) is 0 Å². The zero-order valence-electron chi connectivity index (χ0n) is 7.89. The SMILES string of the molecule is Nc1ccc([S+]2SCC(CO)[As]2)cc1I. The molecule has 81 valence electrons. The molecule has 0 spiro atoms. The van der Waals surface area contributed by atoms with E-state index in [1.807, 2.05) is 16.9 Å². The molecule has 2 atom stereocenters. The number of hydrogen-bond acceptors (Lipinski definition) is 3. The van der Waals surface area contributed by atoms with Crippen molar-refractivity contribution < 1.29 is 5.11 Å². The van der Waals surface area contributed by atoms with Crippen molar-refractivity contribution in [2.45, 2.75) is 9.60 Å². The zero-order chi connectivity index (χ0) is 10.8. The van der Waals surface area contributed by atoms with Gasteiger partial charge in [0.1, 0.15) is 0 Å². The Labute approximate surface area is 115 Å². The first-order valence-corrected chi connectivity index (χ1v) is 11.6. The van der Waals surface area contributed by atoms with Crippen LogP contribution in [0.5, 0.6) is 0 Å². The van der Waals surface area contributed by atoms with Crippen molar-refractivity contribution >= 4 is 61.9 Å². The predicted molar refractivity (Wildman–Crippen MR) is 78.3 cm³/mol. The number of hydrogen-bond donors (Lipinski definition) is 2. The van der Waals surface area contributed by atoms with Crippen LogP contribution in [0.15, 0.2) is 23.1 Å². The van der Waals surface area contributed by atoms with Crippen LogP contribution in [-0.2, 0) is 8.19 Å². The fourth-order valence-electron chi connectivity index (χ4n) is 1.17. The van der Waals surface area contributed by atoms with Gasteiger partial charge in [0.2, 0.25) is 0 Å². The number of rotatable bonds is 2. The molecule has 3 N–H and O–H groups in total. The van der Waals surface area contributed by atoms with Crippen LogP contribution in [0.1, 0.15) is 0 Å². The van der Waals surface area contributed by atoms with Crippen molar-refractivity contribution in [3.63, 3.8) is 0 Å². The van der Waals surface area contributed by atoms with Gasteiger partial charge in [-0.1, -0.05) is 0 Å². The molecular weight excluding hydrogens is 404 g/mol. The average molecular weight is 415 g/mol. The van der Waals surface area contributed by atoms with Gasteiger partial charge >= 0.3 is 116 Å². The molecule has 1 aliphatic heterocycles. The first kappa shape index (κ1) is 12.4. The topological polar surface area (TPSA) is 46.2 Å². The molecule has 0 aliphatic carbocycles. The van der Waals surface area contributed by atoms with E-state index in [9.17, 15) is 0 Å². The number of nitrogen functional groups attached to an aromatic ring is 1. The van der Waals surface area contributed by atoms with Gasteiger partial charge in [-0.25, -0.2) is 0 Å². The molecule has 0 aromatic heterocycles. The standard InChI is InChI=1S/C9H11AsINOS2/c11-8-3-7(1-2-9(8)12)15-10-6(4-13)5-14-15/h1-3,6,13H,4-5,12H2/q+1. The summed E-state index contributed by atoms with van der Waals surface area (Å²) in [4.78, 5) is 1.41. The molecule has 1 radical (unpaired) electrons. The first-order chi connectivity index (χ1) is 7.20. The molecule has 1 aromatic carbocycles. The summed E-state index contributed by atoms with van der Waals surface area (Å²) in [7, 11) is 2.36. The normalized spacial score (nSPS) is 27.3. The Kier molecular flexibility index (Phi) is 4.59. The van der Waals surface area contributed by atoms with Gasteiger partial charge in [0.25, 0.3) is 0 Å². The van der Waals surface area contributed by atoms with Gasteiger partial charge in [-0.2, -0.15) is 0 Å². The van der Waals surface area contributed by atoms with Gasteiger partial charge in [-0.05, 0) is 0 Å². The van der Waals surface area contributed by atoms with E-state index in [4.69, 9.17) is 10.8 Å². The molecular formula is C9H11AsINOS2+. The molecule has 1 saturated heterocycles. The summed E-state index contributed by atoms with van der Waals surface area (Å²) in [6.07, 6.45) is 0. The number of nitrogens with two attached hydrogens (primary N) is 1. The van der Waals surface area contributed by atoms with Gasteiger partial charge in [-0.15, -0.1) is 0 Å². The zero-order valence-corrected chi connectivity index (χ0v) is 13.6. The summed E-state index contributed by atoms with van der Waals surface area (Å²) >= 11 is 2.54. The second kappa shape index (κ2) is 5.54. The van der Waals surface area contributed by atoms with E-state index in [2.05, 4.69) is 34.7 Å². The molecule has 1 aliphatic rings. The first-order valence-electron chi connectivity index (χ1n) is 4.45. The van der Waals surface area contributed by atoms with E-state index < -0.39 is 0 Å². The van der Waals surface area contributed by atoms with Crippen LogP contribution in [0.2, 0.25) is 4.71 Å². The Bertz CT molecular complexity index is 366. The van der Waals surface area contributed by atoms with Gasteiger partial charge in [0.05, 0.1) is 0 Å². The monoisotopic (exact) mass is 415 g/mol. The van der Waals surface area contributed by atoms with Crippen molar-refractivity contribution in [1.29, 1.82) is 0 Å². The Morgan fingerprint density at radius 2 is 2.47 bits per heavy atom. The average Bonchev–Trinajstić information content (AvgIpc) is 2.70. The molecule has 2 unspecified atom stereocenters. The second-order valence-corrected chi connectivity index (χ2v) is 14.5. The second-order valence-electron chi connectivity index (χ2n) is 3.16. The predicted octanol–water partition coefficient (Wildman–Crippen LogP) is 1.91. The third-order valence-corrected chi connectivity index (χ3v) is 15.5. The summed E-state index contributed by atoms with van der Waals surface area (Å²) < 4.78 is 1.72. The van der Waals surface area contributed by atoms with E-state index in [0.717, 1.165) is 15.0 Å². The number of anilines is 1. The van der Waals surface area contributed by atoms with Crippen LogP contribution in [0.4, 0.5) is 5.69 Å². The van der Waals surface area contributed by atoms with Gasteiger partial charge in [0.15, 0.2) is 0 Å². The van der Waals surface area contributed by atoms with E-state index in [-0.39, 0.29) is 14.6 Å². The summed E-state index contributed by atoms with van der Waals surface area (Å²) in [5.74, 6) is 1.13. The maximum absolute atomic E-state index is 9.12. The fourth-order valence-corrected chi connectivity index (χ4v) is 15.5. The van der Waals surface area contributed by atoms with Crippen molar-refractivity contribution in [1.82, 2.24) is 0 Å². The quantitative estimate of drug-likeness (QED) is 0.255. The number of aliphatic hydroxyl groups is 1. The van der Waals surface area contributed by atoms with Crippen LogP contribution in [0.3, 0.4) is 0 Å². The molecule has 15 heavy (non-hydrogen) atoms. The number of halogens is 1. The molecule has 0 saturated carbocycles. The summed E-state index contributed by atoms with van der Waals surface area (Å²) in [6.45, 7) is 0.364. The summed E-state index contributed by atoms with van der Waals surface area (Å²) in [5.41, 5.74) is 6.66. The van der Waals surface area contributed by atoms with Gasteiger partial charge in [0, 0.05) is 0 Å². The molecule has 1 heterocycles. The van der Waals surface area contributed by atoms with E-state index in [0.29, 0.717) is 19.5 Å². The van der Waals surface area contributed by atoms with E-state index in [1.54, 1.807) is 0 Å². The molecule has 6 heteroatoms. The van der Waals surface area contributed by atoms with Gasteiger partial charge in [-0.3, -0.25) is 0 Å². The van der Waals surface area contributed by atoms with Crippen LogP contribution in [-0.4, -0.2) is 32.1 Å². The van der Waals surface area contributed by atoms with Crippen molar-refractivity contribution in [3.05, 3.63) is 21.8 Å². The van der Waals surface area contributed by atoms with Crippen molar-refractivity contribution in [2.75, 3.05) is 18.1 Å². The van der Waals surface area contributed by atoms with Crippen molar-refractivity contribution in [3.8, 4) is 0 Å². The molecule has 0 amide bonds. The maximum atomic E-state index is 9.12. The fraction of sp³-hybridized carbons (Fsp3) is 0.333. The van der Waals surface area contributed by atoms with E-state index >= 15 is 0 Å². The molecule has 1 fully saturated rings. The van der Waals surface area contributed by atoms with Crippen LogP contribution in [0, 0.1) is 3.57 Å². The number of benzene rings is 1. The third kappa shape index (κ3) is 3.00. The Morgan fingerprint density at radius 3 is 3.07 bits per heavy atom. The van der Waals surface area contributed by atoms with Crippen molar-refractivity contribution in [2.24, 2.45) is 0 Å². The Morgan fingerprint density at radius 1 is 1.67 bits per heavy atom. The summed E-state index contributed by atoms with van der Waals surface area (Å²) in [6, 6.07) is 6.34. The molecule has 1 aromatic rings. The number of aliphatic hydroxyl groups excluding tert-OH is 1. The van der Waals surface area contributed by atoms with E-state index in [1.165, 1.54) is 4.90 Å². The molecule has 0 bridgehead atoms. The van der Waals surface area contributed by atoms with Crippen LogP contribution < -0.4 is 5.73 Å². The Balaban J connectivity index is 2.13. The minimum absolute atomic E-state index is 0.254. The Hall–Kier alpha value is 0.968. The minimum atomic E-state index is 0.254. The molecule has 2 rings (SSSR count).